The van der Waals surface area contributed by atoms with Crippen LogP contribution in [0.2, 0.25) is 0 Å². The van der Waals surface area contributed by atoms with Gasteiger partial charge < -0.3 is 9.80 Å². The first-order chi connectivity index (χ1) is 16.6. The molecule has 2 heterocycles. The van der Waals surface area contributed by atoms with Crippen LogP contribution in [-0.2, 0) is 16.0 Å². The van der Waals surface area contributed by atoms with Gasteiger partial charge in [0.1, 0.15) is 5.82 Å². The zero-order chi connectivity index (χ0) is 23.8. The number of para-hydroxylation sites is 1. The number of hydrogen-bond donors (Lipinski definition) is 0. The number of carbonyl (C=O) groups is 2. The zero-order valence-electron chi connectivity index (χ0n) is 19.6. The monoisotopic (exact) mass is 477 g/mol. The van der Waals surface area contributed by atoms with Gasteiger partial charge in [0.2, 0.25) is 11.8 Å². The lowest BCUT2D eigenvalue weighted by atomic mass is 10.1. The van der Waals surface area contributed by atoms with E-state index < -0.39 is 0 Å². The molecule has 34 heavy (non-hydrogen) atoms. The van der Waals surface area contributed by atoms with Crippen LogP contribution < -0.4 is 0 Å². The second-order valence-electron chi connectivity index (χ2n) is 8.42. The number of piperazine rings is 1. The molecule has 0 radical (unpaired) electrons. The minimum Gasteiger partial charge on any atom is -0.339 e. The van der Waals surface area contributed by atoms with E-state index in [0.717, 1.165) is 35.3 Å². The van der Waals surface area contributed by atoms with E-state index >= 15 is 0 Å². The second kappa shape index (κ2) is 11.8. The van der Waals surface area contributed by atoms with Crippen molar-refractivity contribution >= 4 is 23.6 Å². The summed E-state index contributed by atoms with van der Waals surface area (Å²) < 4.78 is 2.14. The van der Waals surface area contributed by atoms with E-state index in [1.54, 1.807) is 23.6 Å². The maximum Gasteiger partial charge on any atom is 0.222 e. The molecule has 2 amide bonds. The molecule has 4 rings (SSSR count). The van der Waals surface area contributed by atoms with Crippen LogP contribution in [0.15, 0.2) is 65.8 Å². The molecule has 178 valence electrons. The van der Waals surface area contributed by atoms with E-state index in [1.165, 1.54) is 5.56 Å². The fourth-order valence-corrected chi connectivity index (χ4v) is 5.06. The number of carbonyl (C=O) groups excluding carboxylic acids is 2. The molecule has 0 atom stereocenters. The van der Waals surface area contributed by atoms with Crippen molar-refractivity contribution in [3.8, 4) is 5.69 Å². The normalized spacial score (nSPS) is 13.8. The fraction of sp³-hybridized carbons (Fsp3) is 0.385. The molecule has 0 saturated carbocycles. The Morgan fingerprint density at radius 2 is 1.50 bits per heavy atom. The van der Waals surface area contributed by atoms with E-state index in [2.05, 4.69) is 39.0 Å². The van der Waals surface area contributed by atoms with Crippen LogP contribution in [-0.4, -0.2) is 68.3 Å². The minimum absolute atomic E-state index is 0.0828. The summed E-state index contributed by atoms with van der Waals surface area (Å²) in [7, 11) is 0. The van der Waals surface area contributed by atoms with E-state index in [0.29, 0.717) is 39.0 Å². The summed E-state index contributed by atoms with van der Waals surface area (Å²) in [4.78, 5) is 27.6. The number of nitrogens with zero attached hydrogens (tertiary/aromatic N) is 5. The van der Waals surface area contributed by atoms with E-state index in [9.17, 15) is 9.59 Å². The van der Waals surface area contributed by atoms with Gasteiger partial charge in [-0.2, -0.15) is 0 Å². The van der Waals surface area contributed by atoms with Crippen LogP contribution in [0.1, 0.15) is 37.6 Å². The first kappa shape index (κ1) is 24.0. The molecule has 7 nitrogen and oxygen atoms in total. The Hall–Kier alpha value is -3.13. The summed E-state index contributed by atoms with van der Waals surface area (Å²) in [6.45, 7) is 4.13. The fourth-order valence-electron chi connectivity index (χ4n) is 4.09. The highest BCUT2D eigenvalue weighted by molar-refractivity contribution is 7.99. The van der Waals surface area contributed by atoms with Crippen molar-refractivity contribution in [2.45, 2.75) is 37.8 Å². The lowest BCUT2D eigenvalue weighted by Gasteiger charge is -2.34. The molecule has 8 heteroatoms. The van der Waals surface area contributed by atoms with Crippen LogP contribution in [0.25, 0.3) is 5.69 Å². The van der Waals surface area contributed by atoms with Crippen LogP contribution >= 0.6 is 11.8 Å². The Balaban J connectivity index is 1.30. The van der Waals surface area contributed by atoms with Crippen molar-refractivity contribution in [2.75, 3.05) is 31.9 Å². The first-order valence-corrected chi connectivity index (χ1v) is 12.8. The average molecular weight is 478 g/mol. The molecule has 2 aromatic carbocycles. The van der Waals surface area contributed by atoms with Gasteiger partial charge in [0.25, 0.3) is 0 Å². The van der Waals surface area contributed by atoms with E-state index in [-0.39, 0.29) is 11.8 Å². The highest BCUT2D eigenvalue weighted by Crippen LogP contribution is 2.24. The first-order valence-electron chi connectivity index (χ1n) is 11.8. The van der Waals surface area contributed by atoms with Crippen LogP contribution in [0.5, 0.6) is 0 Å². The predicted molar refractivity (Wildman–Crippen MR) is 134 cm³/mol. The summed E-state index contributed by atoms with van der Waals surface area (Å²) in [6, 6.07) is 20.5. The molecular weight excluding hydrogens is 446 g/mol. The predicted octanol–water partition coefficient (Wildman–Crippen LogP) is 3.81. The van der Waals surface area contributed by atoms with E-state index in [1.807, 2.05) is 41.3 Å². The minimum atomic E-state index is 0.0828. The van der Waals surface area contributed by atoms with Gasteiger partial charge in [-0.3, -0.25) is 14.2 Å². The SMILES string of the molecule is CC(=O)N1CCN(C(=O)CCCCSc2nnc(Cc3ccccc3)n2-c2ccccc2)CC1. The Morgan fingerprint density at radius 1 is 0.853 bits per heavy atom. The van der Waals surface area contributed by atoms with E-state index in [4.69, 9.17) is 0 Å². The van der Waals surface area contributed by atoms with Gasteiger partial charge in [-0.1, -0.05) is 60.3 Å². The lowest BCUT2D eigenvalue weighted by Crippen LogP contribution is -2.50. The van der Waals surface area contributed by atoms with Crippen molar-refractivity contribution in [3.05, 3.63) is 72.1 Å². The molecule has 0 bridgehead atoms. The number of unbranched alkanes of at least 4 members (excludes halogenated alkanes) is 1. The van der Waals surface area contributed by atoms with Crippen molar-refractivity contribution in [2.24, 2.45) is 0 Å². The largest absolute Gasteiger partial charge is 0.339 e. The summed E-state index contributed by atoms with van der Waals surface area (Å²) >= 11 is 1.68. The van der Waals surface area contributed by atoms with Crippen molar-refractivity contribution in [3.63, 3.8) is 0 Å². The molecule has 0 spiro atoms. The molecule has 1 fully saturated rings. The molecule has 1 saturated heterocycles. The van der Waals surface area contributed by atoms with Crippen molar-refractivity contribution < 1.29 is 9.59 Å². The second-order valence-corrected chi connectivity index (χ2v) is 9.49. The molecule has 0 unspecified atom stereocenters. The molecule has 3 aromatic rings. The van der Waals surface area contributed by atoms with Gasteiger partial charge in [0.05, 0.1) is 0 Å². The third-order valence-corrected chi connectivity index (χ3v) is 7.03. The number of hydrogen-bond acceptors (Lipinski definition) is 5. The van der Waals surface area contributed by atoms with Gasteiger partial charge in [-0.25, -0.2) is 0 Å². The Kier molecular flexibility index (Phi) is 8.36. The van der Waals surface area contributed by atoms with Crippen LogP contribution in [0.3, 0.4) is 0 Å². The lowest BCUT2D eigenvalue weighted by molar-refractivity contribution is -0.138. The molecular formula is C26H31N5O2S. The standard InChI is InChI=1S/C26H31N5O2S/c1-21(32)29-15-17-30(18-16-29)25(33)14-8-9-19-34-26-28-27-24(20-22-10-4-2-5-11-22)31(26)23-12-6-3-7-13-23/h2-7,10-13H,8-9,14-20H2,1H3. The zero-order valence-corrected chi connectivity index (χ0v) is 20.4. The van der Waals surface area contributed by atoms with Gasteiger partial charge in [-0.05, 0) is 30.5 Å². The number of amides is 2. The number of aromatic nitrogens is 3. The van der Waals surface area contributed by atoms with Gasteiger partial charge >= 0.3 is 0 Å². The molecule has 1 aliphatic heterocycles. The Morgan fingerprint density at radius 3 is 2.18 bits per heavy atom. The highest BCUT2D eigenvalue weighted by Gasteiger charge is 2.22. The summed E-state index contributed by atoms with van der Waals surface area (Å²) in [5, 5.41) is 9.86. The van der Waals surface area contributed by atoms with Gasteiger partial charge in [-0.15, -0.1) is 10.2 Å². The molecule has 0 aliphatic carbocycles. The topological polar surface area (TPSA) is 71.3 Å². The average Bonchev–Trinajstić information content (AvgIpc) is 3.27. The summed E-state index contributed by atoms with van der Waals surface area (Å²) in [6.07, 6.45) is 3.04. The summed E-state index contributed by atoms with van der Waals surface area (Å²) in [5.74, 6) is 2.06. The third-order valence-electron chi connectivity index (χ3n) is 6.01. The van der Waals surface area contributed by atoms with Gasteiger partial charge in [0.15, 0.2) is 5.16 Å². The van der Waals surface area contributed by atoms with Crippen molar-refractivity contribution in [1.82, 2.24) is 24.6 Å². The Labute approximate surface area is 205 Å². The quantitative estimate of drug-likeness (QED) is 0.346. The molecule has 1 aromatic heterocycles. The number of thioether (sulfide) groups is 1. The highest BCUT2D eigenvalue weighted by atomic mass is 32.2. The van der Waals surface area contributed by atoms with Crippen LogP contribution in [0.4, 0.5) is 0 Å². The summed E-state index contributed by atoms with van der Waals surface area (Å²) in [5.41, 5.74) is 2.26. The smallest absolute Gasteiger partial charge is 0.222 e. The number of rotatable bonds is 9. The third kappa shape index (κ3) is 6.26. The van der Waals surface area contributed by atoms with Crippen molar-refractivity contribution in [1.29, 1.82) is 0 Å². The van der Waals surface area contributed by atoms with Gasteiger partial charge in [0, 0.05) is 57.4 Å². The molecule has 0 N–H and O–H groups in total. The Bertz CT molecular complexity index is 1080. The molecule has 1 aliphatic rings. The van der Waals surface area contributed by atoms with Crippen LogP contribution in [0, 0.1) is 0 Å². The maximum absolute atomic E-state index is 12.5. The number of benzene rings is 2. The maximum atomic E-state index is 12.5.